The lowest BCUT2D eigenvalue weighted by Gasteiger charge is -2.13. The first-order valence-corrected chi connectivity index (χ1v) is 10.3. The summed E-state index contributed by atoms with van der Waals surface area (Å²) in [6.45, 7) is 8.35. The van der Waals surface area contributed by atoms with Gasteiger partial charge in [0.1, 0.15) is 5.82 Å². The number of nitrogens with one attached hydrogen (secondary N) is 2. The maximum absolute atomic E-state index is 4.76. The first-order chi connectivity index (χ1) is 12.5. The summed E-state index contributed by atoms with van der Waals surface area (Å²) in [6, 6.07) is 6.50. The second-order valence-electron chi connectivity index (χ2n) is 6.44. The minimum atomic E-state index is 0.596. The number of hydrogen-bond acceptors (Lipinski definition) is 4. The van der Waals surface area contributed by atoms with E-state index < -0.39 is 0 Å². The Morgan fingerprint density at radius 3 is 2.65 bits per heavy atom. The minimum absolute atomic E-state index is 0.596. The molecule has 7 heteroatoms. The molecule has 0 saturated carbocycles. The Kier molecular flexibility index (Phi) is 7.97. The summed E-state index contributed by atoms with van der Waals surface area (Å²) in [7, 11) is 1.98. The molecule has 26 heavy (non-hydrogen) atoms. The Labute approximate surface area is 160 Å². The maximum Gasteiger partial charge on any atom is 0.191 e. The molecule has 0 bridgehead atoms. The molecule has 0 saturated heterocycles. The van der Waals surface area contributed by atoms with Crippen molar-refractivity contribution in [3.05, 3.63) is 46.5 Å². The Balaban J connectivity index is 2.02. The third-order valence-corrected chi connectivity index (χ3v) is 5.02. The van der Waals surface area contributed by atoms with Crippen LogP contribution in [0.2, 0.25) is 0 Å². The highest BCUT2D eigenvalue weighted by Crippen LogP contribution is 2.11. The first-order valence-electron chi connectivity index (χ1n) is 8.93. The van der Waals surface area contributed by atoms with Crippen molar-refractivity contribution < 1.29 is 0 Å². The molecule has 0 unspecified atom stereocenters. The number of nitrogens with zero attached hydrogens (tertiary/aromatic N) is 4. The fraction of sp³-hybridized carbons (Fsp3) is 0.526. The molecule has 0 aliphatic rings. The van der Waals surface area contributed by atoms with Crippen LogP contribution in [0.5, 0.6) is 0 Å². The molecule has 0 spiro atoms. The lowest BCUT2D eigenvalue weighted by atomic mass is 10.1. The molecule has 2 aromatic rings. The Morgan fingerprint density at radius 2 is 2.00 bits per heavy atom. The number of aromatic nitrogens is 3. The van der Waals surface area contributed by atoms with Crippen LogP contribution < -0.4 is 10.6 Å². The monoisotopic (exact) mass is 374 g/mol. The van der Waals surface area contributed by atoms with Crippen molar-refractivity contribution in [2.75, 3.05) is 18.6 Å². The van der Waals surface area contributed by atoms with Crippen molar-refractivity contribution >= 4 is 17.7 Å². The largest absolute Gasteiger partial charge is 0.356 e. The van der Waals surface area contributed by atoms with Gasteiger partial charge in [0.05, 0.1) is 13.1 Å². The summed E-state index contributed by atoms with van der Waals surface area (Å²) in [6.07, 6.45) is 3.23. The summed E-state index contributed by atoms with van der Waals surface area (Å²) < 4.78 is 1.99. The first kappa shape index (κ1) is 20.3. The second-order valence-corrected chi connectivity index (χ2v) is 7.43. The van der Waals surface area contributed by atoms with Crippen LogP contribution in [0.3, 0.4) is 0 Å². The maximum atomic E-state index is 4.76. The van der Waals surface area contributed by atoms with E-state index in [2.05, 4.69) is 59.1 Å². The van der Waals surface area contributed by atoms with E-state index in [1.807, 2.05) is 30.3 Å². The van der Waals surface area contributed by atoms with Crippen molar-refractivity contribution in [1.29, 1.82) is 0 Å². The van der Waals surface area contributed by atoms with Crippen LogP contribution in [-0.4, -0.2) is 39.3 Å². The van der Waals surface area contributed by atoms with E-state index in [4.69, 9.17) is 4.99 Å². The molecular formula is C19H30N6S. The molecule has 1 heterocycles. The van der Waals surface area contributed by atoms with Gasteiger partial charge in [-0.1, -0.05) is 23.8 Å². The highest BCUT2D eigenvalue weighted by atomic mass is 32.2. The average molecular weight is 375 g/mol. The van der Waals surface area contributed by atoms with E-state index in [0.29, 0.717) is 13.1 Å². The molecule has 0 aliphatic carbocycles. The van der Waals surface area contributed by atoms with Gasteiger partial charge in [0.2, 0.25) is 0 Å². The van der Waals surface area contributed by atoms with E-state index in [0.717, 1.165) is 36.3 Å². The van der Waals surface area contributed by atoms with Gasteiger partial charge < -0.3 is 15.2 Å². The minimum Gasteiger partial charge on any atom is -0.356 e. The zero-order valence-electron chi connectivity index (χ0n) is 16.5. The molecule has 2 rings (SSSR count). The number of hydrogen-bond donors (Lipinski definition) is 2. The topological polar surface area (TPSA) is 67.1 Å². The van der Waals surface area contributed by atoms with E-state index in [1.165, 1.54) is 16.7 Å². The quantitative estimate of drug-likeness (QED) is 0.422. The lowest BCUT2D eigenvalue weighted by Crippen LogP contribution is -2.38. The fourth-order valence-corrected chi connectivity index (χ4v) is 2.99. The van der Waals surface area contributed by atoms with Crippen LogP contribution in [-0.2, 0) is 20.1 Å². The zero-order valence-corrected chi connectivity index (χ0v) is 17.3. The molecule has 6 nitrogen and oxygen atoms in total. The van der Waals surface area contributed by atoms with E-state index in [9.17, 15) is 0 Å². The number of guanidine groups is 1. The van der Waals surface area contributed by atoms with Crippen molar-refractivity contribution in [1.82, 2.24) is 25.4 Å². The number of thioether (sulfide) groups is 1. The van der Waals surface area contributed by atoms with Crippen LogP contribution in [0.1, 0.15) is 34.8 Å². The van der Waals surface area contributed by atoms with E-state index in [-0.39, 0.29) is 0 Å². The molecule has 0 atom stereocenters. The molecule has 1 aromatic heterocycles. The predicted octanol–water partition coefficient (Wildman–Crippen LogP) is 2.73. The van der Waals surface area contributed by atoms with Crippen LogP contribution in [0.15, 0.2) is 23.2 Å². The standard InChI is InChI=1S/C19H30N6S/c1-14-7-8-17(15(2)11-14)12-21-19(20-9-6-10-26-5)22-13-18-24-23-16(3)25(18)4/h7-8,11H,6,9-10,12-13H2,1-5H3,(H2,20,21,22). The highest BCUT2D eigenvalue weighted by molar-refractivity contribution is 7.98. The molecule has 0 amide bonds. The summed E-state index contributed by atoms with van der Waals surface area (Å²) in [5, 5.41) is 15.1. The third kappa shape index (κ3) is 6.05. The van der Waals surface area contributed by atoms with Gasteiger partial charge in [0.15, 0.2) is 11.8 Å². The molecular weight excluding hydrogens is 344 g/mol. The molecule has 1 aromatic carbocycles. The van der Waals surface area contributed by atoms with Gasteiger partial charge in [-0.15, -0.1) is 10.2 Å². The van der Waals surface area contributed by atoms with Gasteiger partial charge >= 0.3 is 0 Å². The average Bonchev–Trinajstić information content (AvgIpc) is 2.93. The van der Waals surface area contributed by atoms with E-state index in [1.54, 1.807) is 0 Å². The van der Waals surface area contributed by atoms with Crippen LogP contribution in [0.4, 0.5) is 0 Å². The summed E-state index contributed by atoms with van der Waals surface area (Å²) in [5.41, 5.74) is 3.80. The molecule has 142 valence electrons. The smallest absolute Gasteiger partial charge is 0.191 e. The van der Waals surface area contributed by atoms with Gasteiger partial charge in [0, 0.05) is 13.6 Å². The Hall–Kier alpha value is -2.02. The van der Waals surface area contributed by atoms with Gasteiger partial charge in [-0.05, 0) is 50.3 Å². The predicted molar refractivity (Wildman–Crippen MR) is 111 cm³/mol. The summed E-state index contributed by atoms with van der Waals surface area (Å²) in [4.78, 5) is 4.76. The summed E-state index contributed by atoms with van der Waals surface area (Å²) in [5.74, 6) is 3.75. The number of rotatable bonds is 8. The van der Waals surface area contributed by atoms with Gasteiger partial charge in [-0.25, -0.2) is 4.99 Å². The Bertz CT molecular complexity index is 738. The van der Waals surface area contributed by atoms with Gasteiger partial charge in [-0.3, -0.25) is 0 Å². The molecule has 0 aliphatic heterocycles. The molecule has 0 radical (unpaired) electrons. The SMILES string of the molecule is CSCCCNC(=NCc1ccc(C)cc1C)NCc1nnc(C)n1C. The van der Waals surface area contributed by atoms with E-state index >= 15 is 0 Å². The molecule has 0 fully saturated rings. The highest BCUT2D eigenvalue weighted by Gasteiger charge is 2.06. The van der Waals surface area contributed by atoms with Crippen molar-refractivity contribution in [3.63, 3.8) is 0 Å². The molecule has 2 N–H and O–H groups in total. The van der Waals surface area contributed by atoms with Crippen LogP contribution >= 0.6 is 11.8 Å². The second kappa shape index (κ2) is 10.2. The van der Waals surface area contributed by atoms with Crippen LogP contribution in [0, 0.1) is 20.8 Å². The Morgan fingerprint density at radius 1 is 1.19 bits per heavy atom. The van der Waals surface area contributed by atoms with Gasteiger partial charge in [-0.2, -0.15) is 11.8 Å². The number of aliphatic imine (C=N–C) groups is 1. The van der Waals surface area contributed by atoms with Gasteiger partial charge in [0.25, 0.3) is 0 Å². The number of benzene rings is 1. The number of aryl methyl sites for hydroxylation is 3. The fourth-order valence-electron chi connectivity index (χ4n) is 2.55. The third-order valence-electron chi connectivity index (χ3n) is 4.32. The normalized spacial score (nSPS) is 11.7. The van der Waals surface area contributed by atoms with Crippen molar-refractivity contribution in [2.24, 2.45) is 12.0 Å². The van der Waals surface area contributed by atoms with Crippen molar-refractivity contribution in [2.45, 2.75) is 40.3 Å². The van der Waals surface area contributed by atoms with Crippen LogP contribution in [0.25, 0.3) is 0 Å². The zero-order chi connectivity index (χ0) is 18.9. The summed E-state index contributed by atoms with van der Waals surface area (Å²) >= 11 is 1.86. The lowest BCUT2D eigenvalue weighted by molar-refractivity contribution is 0.711. The van der Waals surface area contributed by atoms with Crippen molar-refractivity contribution in [3.8, 4) is 0 Å².